The molecular formula is C17H26N2O2. The third-order valence-electron chi connectivity index (χ3n) is 4.17. The predicted molar refractivity (Wildman–Crippen MR) is 84.2 cm³/mol. The van der Waals surface area contributed by atoms with Crippen LogP contribution in [0.4, 0.5) is 4.79 Å². The highest BCUT2D eigenvalue weighted by molar-refractivity contribution is 5.73. The smallest absolute Gasteiger partial charge is 0.314 e. The summed E-state index contributed by atoms with van der Waals surface area (Å²) in [5.74, 6) is 1.38. The molecule has 4 heteroatoms. The van der Waals surface area contributed by atoms with Gasteiger partial charge in [0.05, 0.1) is 6.10 Å². The molecule has 2 rings (SSSR count). The molecule has 0 saturated heterocycles. The van der Waals surface area contributed by atoms with Crippen LogP contribution >= 0.6 is 0 Å². The summed E-state index contributed by atoms with van der Waals surface area (Å²) in [4.78, 5) is 11.7. The van der Waals surface area contributed by atoms with Gasteiger partial charge in [0.1, 0.15) is 0 Å². The monoisotopic (exact) mass is 290 g/mol. The van der Waals surface area contributed by atoms with Crippen LogP contribution in [0.25, 0.3) is 0 Å². The molecule has 0 heterocycles. The number of benzene rings is 1. The Morgan fingerprint density at radius 3 is 2.67 bits per heavy atom. The number of rotatable bonds is 7. The van der Waals surface area contributed by atoms with Gasteiger partial charge < -0.3 is 15.7 Å². The third-order valence-corrected chi connectivity index (χ3v) is 4.17. The number of carbonyl (C=O) groups excluding carboxylic acids is 1. The number of amides is 2. The van der Waals surface area contributed by atoms with Crippen LogP contribution in [0.15, 0.2) is 30.3 Å². The summed E-state index contributed by atoms with van der Waals surface area (Å²) in [7, 11) is 0. The van der Waals surface area contributed by atoms with Crippen LogP contribution in [-0.4, -0.2) is 30.3 Å². The van der Waals surface area contributed by atoms with Gasteiger partial charge in [0, 0.05) is 13.1 Å². The number of hydrogen-bond donors (Lipinski definition) is 3. The molecule has 0 radical (unpaired) electrons. The number of aliphatic hydroxyl groups excluding tert-OH is 1. The lowest BCUT2D eigenvalue weighted by atomic mass is 10.0. The van der Waals surface area contributed by atoms with Crippen molar-refractivity contribution in [3.05, 3.63) is 35.9 Å². The Hall–Kier alpha value is -1.55. The van der Waals surface area contributed by atoms with Crippen LogP contribution in [0, 0.1) is 11.8 Å². The summed E-state index contributed by atoms with van der Waals surface area (Å²) in [5.41, 5.74) is 1.37. The largest absolute Gasteiger partial charge is 0.393 e. The van der Waals surface area contributed by atoms with Crippen molar-refractivity contribution in [1.29, 1.82) is 0 Å². The number of hydrogen-bond acceptors (Lipinski definition) is 2. The van der Waals surface area contributed by atoms with E-state index in [0.29, 0.717) is 24.8 Å². The van der Waals surface area contributed by atoms with E-state index in [0.717, 1.165) is 13.0 Å². The van der Waals surface area contributed by atoms with Gasteiger partial charge in [0.15, 0.2) is 0 Å². The van der Waals surface area contributed by atoms with Gasteiger partial charge >= 0.3 is 6.03 Å². The molecule has 3 unspecified atom stereocenters. The normalized spacial score (nSPS) is 21.9. The molecule has 4 nitrogen and oxygen atoms in total. The van der Waals surface area contributed by atoms with Crippen molar-refractivity contribution in [2.45, 2.75) is 38.7 Å². The highest BCUT2D eigenvalue weighted by Crippen LogP contribution is 2.46. The van der Waals surface area contributed by atoms with Crippen LogP contribution in [0.3, 0.4) is 0 Å². The molecule has 1 aromatic rings. The topological polar surface area (TPSA) is 61.4 Å². The van der Waals surface area contributed by atoms with E-state index in [1.165, 1.54) is 5.56 Å². The molecule has 0 bridgehead atoms. The van der Waals surface area contributed by atoms with Gasteiger partial charge in [-0.15, -0.1) is 0 Å². The maximum Gasteiger partial charge on any atom is 0.314 e. The lowest BCUT2D eigenvalue weighted by Crippen LogP contribution is -2.38. The van der Waals surface area contributed by atoms with Crippen molar-refractivity contribution in [3.63, 3.8) is 0 Å². The van der Waals surface area contributed by atoms with E-state index < -0.39 is 0 Å². The van der Waals surface area contributed by atoms with Crippen LogP contribution in [0.1, 0.15) is 38.2 Å². The minimum atomic E-state index is -0.351. The van der Waals surface area contributed by atoms with Gasteiger partial charge in [-0.1, -0.05) is 44.2 Å². The first-order valence-electron chi connectivity index (χ1n) is 7.82. The molecule has 1 fully saturated rings. The molecule has 0 aromatic heterocycles. The Morgan fingerprint density at radius 2 is 2.00 bits per heavy atom. The third kappa shape index (κ3) is 5.05. The fourth-order valence-electron chi connectivity index (χ4n) is 2.53. The Bertz CT molecular complexity index is 447. The van der Waals surface area contributed by atoms with Gasteiger partial charge in [-0.25, -0.2) is 4.79 Å². The van der Waals surface area contributed by atoms with Crippen LogP contribution in [-0.2, 0) is 0 Å². The Balaban J connectivity index is 1.58. The van der Waals surface area contributed by atoms with E-state index >= 15 is 0 Å². The van der Waals surface area contributed by atoms with Gasteiger partial charge in [-0.3, -0.25) is 0 Å². The first kappa shape index (κ1) is 15.8. The average Bonchev–Trinajstić information content (AvgIpc) is 3.25. The van der Waals surface area contributed by atoms with Crippen molar-refractivity contribution < 1.29 is 9.90 Å². The molecule has 116 valence electrons. The summed E-state index contributed by atoms with van der Waals surface area (Å²) >= 11 is 0. The highest BCUT2D eigenvalue weighted by Gasteiger charge is 2.37. The van der Waals surface area contributed by atoms with E-state index in [1.54, 1.807) is 0 Å². The summed E-state index contributed by atoms with van der Waals surface area (Å²) in [6.07, 6.45) is 1.40. The second-order valence-corrected chi connectivity index (χ2v) is 6.25. The lowest BCUT2D eigenvalue weighted by molar-refractivity contribution is 0.116. The van der Waals surface area contributed by atoms with Crippen molar-refractivity contribution in [2.24, 2.45) is 11.8 Å². The molecular weight excluding hydrogens is 264 g/mol. The molecule has 1 aliphatic rings. The summed E-state index contributed by atoms with van der Waals surface area (Å²) in [5, 5.41) is 15.4. The zero-order valence-corrected chi connectivity index (χ0v) is 12.9. The Kier molecular flexibility index (Phi) is 5.62. The van der Waals surface area contributed by atoms with Crippen molar-refractivity contribution in [2.75, 3.05) is 13.1 Å². The number of aliphatic hydroxyl groups is 1. The fraction of sp³-hybridized carbons (Fsp3) is 0.588. The second-order valence-electron chi connectivity index (χ2n) is 6.25. The van der Waals surface area contributed by atoms with Gasteiger partial charge in [-0.05, 0) is 36.2 Å². The van der Waals surface area contributed by atoms with E-state index in [2.05, 4.69) is 34.9 Å². The average molecular weight is 290 g/mol. The molecule has 21 heavy (non-hydrogen) atoms. The standard InChI is InChI=1S/C17H26N2O2/c1-12(2)16(20)8-9-18-17(21)19-11-14-10-15(14)13-6-4-3-5-7-13/h3-7,12,14-16,20H,8-11H2,1-2H3,(H2,18,19,21). The summed E-state index contributed by atoms with van der Waals surface area (Å²) in [6.45, 7) is 5.18. The number of nitrogens with one attached hydrogen (secondary N) is 2. The zero-order chi connectivity index (χ0) is 15.2. The minimum absolute atomic E-state index is 0.135. The molecule has 0 spiro atoms. The van der Waals surface area contributed by atoms with Crippen molar-refractivity contribution >= 4 is 6.03 Å². The summed E-state index contributed by atoms with van der Waals surface area (Å²) in [6, 6.07) is 10.3. The van der Waals surface area contributed by atoms with Crippen LogP contribution in [0.5, 0.6) is 0 Å². The SMILES string of the molecule is CC(C)C(O)CCNC(=O)NCC1CC1c1ccccc1. The quantitative estimate of drug-likeness (QED) is 0.722. The van der Waals surface area contributed by atoms with Crippen LogP contribution < -0.4 is 10.6 Å². The van der Waals surface area contributed by atoms with Gasteiger partial charge in [-0.2, -0.15) is 0 Å². The molecule has 1 saturated carbocycles. The van der Waals surface area contributed by atoms with Gasteiger partial charge in [0.2, 0.25) is 0 Å². The number of carbonyl (C=O) groups is 1. The molecule has 3 N–H and O–H groups in total. The molecule has 1 aliphatic carbocycles. The molecule has 2 amide bonds. The maximum absolute atomic E-state index is 11.7. The van der Waals surface area contributed by atoms with Crippen LogP contribution in [0.2, 0.25) is 0 Å². The first-order chi connectivity index (χ1) is 10.1. The highest BCUT2D eigenvalue weighted by atomic mass is 16.3. The number of urea groups is 1. The minimum Gasteiger partial charge on any atom is -0.393 e. The first-order valence-corrected chi connectivity index (χ1v) is 7.82. The van der Waals surface area contributed by atoms with Gasteiger partial charge in [0.25, 0.3) is 0 Å². The Labute approximate surface area is 126 Å². The zero-order valence-electron chi connectivity index (χ0n) is 12.9. The van der Waals surface area contributed by atoms with E-state index in [4.69, 9.17) is 0 Å². The van der Waals surface area contributed by atoms with Crippen molar-refractivity contribution in [3.8, 4) is 0 Å². The molecule has 3 atom stereocenters. The predicted octanol–water partition coefficient (Wildman–Crippen LogP) is 2.50. The Morgan fingerprint density at radius 1 is 1.29 bits per heavy atom. The molecule has 0 aliphatic heterocycles. The summed E-state index contributed by atoms with van der Waals surface area (Å²) < 4.78 is 0. The lowest BCUT2D eigenvalue weighted by Gasteiger charge is -2.14. The molecule has 1 aromatic carbocycles. The van der Waals surface area contributed by atoms with E-state index in [-0.39, 0.29) is 18.1 Å². The fourth-order valence-corrected chi connectivity index (χ4v) is 2.53. The maximum atomic E-state index is 11.7. The second kappa shape index (κ2) is 7.46. The van der Waals surface area contributed by atoms with E-state index in [9.17, 15) is 9.90 Å². The van der Waals surface area contributed by atoms with E-state index in [1.807, 2.05) is 19.9 Å². The van der Waals surface area contributed by atoms with Crippen molar-refractivity contribution in [1.82, 2.24) is 10.6 Å².